The van der Waals surface area contributed by atoms with Gasteiger partial charge in [-0.15, -0.1) is 0 Å². The van der Waals surface area contributed by atoms with Gasteiger partial charge in [-0.3, -0.25) is 0 Å². The molecule has 1 aliphatic heterocycles. The van der Waals surface area contributed by atoms with E-state index in [0.717, 1.165) is 6.42 Å². The van der Waals surface area contributed by atoms with Crippen LogP contribution in [0.5, 0.6) is 0 Å². The molecule has 0 aromatic carbocycles. The van der Waals surface area contributed by atoms with Crippen molar-refractivity contribution in [2.45, 2.75) is 25.1 Å². The normalized spacial score (nSPS) is 27.8. The van der Waals surface area contributed by atoms with Gasteiger partial charge in [-0.1, -0.05) is 6.92 Å². The van der Waals surface area contributed by atoms with Gasteiger partial charge < -0.3 is 14.0 Å². The third-order valence-electron chi connectivity index (χ3n) is 1.18. The summed E-state index contributed by atoms with van der Waals surface area (Å²) in [6.45, 7) is 2.29. The van der Waals surface area contributed by atoms with Gasteiger partial charge in [0.05, 0.1) is 0 Å². The Hall–Kier alpha value is 1.47. The van der Waals surface area contributed by atoms with E-state index in [1.54, 1.807) is 0 Å². The van der Waals surface area contributed by atoms with E-state index in [1.165, 1.54) is 0 Å². The van der Waals surface area contributed by atoms with Crippen LogP contribution in [-0.2, 0) is 19.6 Å². The van der Waals surface area contributed by atoms with Crippen molar-refractivity contribution >= 4 is 10.1 Å². The Morgan fingerprint density at radius 2 is 2.17 bits per heavy atom. The van der Waals surface area contributed by atoms with Crippen LogP contribution in [0.25, 0.3) is 0 Å². The van der Waals surface area contributed by atoms with Gasteiger partial charge >= 0.3 is 51.4 Å². The monoisotopic (exact) mass is 220 g/mol. The average molecular weight is 220 g/mol. The van der Waals surface area contributed by atoms with E-state index in [4.69, 9.17) is 4.74 Å². The summed E-state index contributed by atoms with van der Waals surface area (Å²) >= 11 is 0. The molecule has 0 N–H and O–H groups in total. The Kier molecular flexibility index (Phi) is 6.03. The fourth-order valence-corrected chi connectivity index (χ4v) is 1.24. The first kappa shape index (κ1) is 13.5. The van der Waals surface area contributed by atoms with E-state index in [9.17, 15) is 13.0 Å². The second-order valence-corrected chi connectivity index (χ2v) is 3.69. The molecule has 2 unspecified atom stereocenters. The van der Waals surface area contributed by atoms with Crippen molar-refractivity contribution in [2.24, 2.45) is 0 Å². The largest absolute Gasteiger partial charge is 1.00 e. The predicted octanol–water partition coefficient (Wildman–Crippen LogP) is -3.36. The zero-order valence-electron chi connectivity index (χ0n) is 7.02. The summed E-state index contributed by atoms with van der Waals surface area (Å²) in [7, 11) is -4.31. The Bertz CT molecular complexity index is 226. The SMILES string of the molecule is CCCOC1OC1S(=O)(=O)[O-].[K+]. The van der Waals surface area contributed by atoms with Crippen molar-refractivity contribution in [1.82, 2.24) is 0 Å². The summed E-state index contributed by atoms with van der Waals surface area (Å²) < 4.78 is 39.9. The van der Waals surface area contributed by atoms with Gasteiger partial charge in [0.25, 0.3) is 0 Å². The van der Waals surface area contributed by atoms with Crippen molar-refractivity contribution in [2.75, 3.05) is 6.61 Å². The molecule has 0 aromatic rings. The van der Waals surface area contributed by atoms with Crippen LogP contribution in [0.3, 0.4) is 0 Å². The molecule has 0 aromatic heterocycles. The van der Waals surface area contributed by atoms with Gasteiger partial charge in [-0.2, -0.15) is 0 Å². The van der Waals surface area contributed by atoms with Crippen LogP contribution in [0, 0.1) is 0 Å². The number of hydrogen-bond acceptors (Lipinski definition) is 5. The topological polar surface area (TPSA) is 79.0 Å². The van der Waals surface area contributed by atoms with Gasteiger partial charge in [0.2, 0.25) is 5.44 Å². The molecule has 1 rings (SSSR count). The summed E-state index contributed by atoms with van der Waals surface area (Å²) in [6, 6.07) is 0. The minimum absolute atomic E-state index is 0. The van der Waals surface area contributed by atoms with Crippen molar-refractivity contribution in [3.8, 4) is 0 Å². The first-order valence-electron chi connectivity index (χ1n) is 3.27. The quantitative estimate of drug-likeness (QED) is 0.281. The van der Waals surface area contributed by atoms with Gasteiger partial charge in [0, 0.05) is 6.61 Å². The molecule has 1 heterocycles. The first-order valence-corrected chi connectivity index (χ1v) is 4.74. The zero-order valence-corrected chi connectivity index (χ0v) is 11.0. The second-order valence-electron chi connectivity index (χ2n) is 2.24. The molecule has 1 fully saturated rings. The molecule has 7 heteroatoms. The maximum absolute atomic E-state index is 10.2. The number of epoxide rings is 1. The van der Waals surface area contributed by atoms with Crippen molar-refractivity contribution in [1.29, 1.82) is 0 Å². The summed E-state index contributed by atoms with van der Waals surface area (Å²) in [6.07, 6.45) is -0.0525. The Labute approximate surface area is 114 Å². The second kappa shape index (κ2) is 5.37. The first-order chi connectivity index (χ1) is 5.05. The molecule has 5 nitrogen and oxygen atoms in total. The van der Waals surface area contributed by atoms with Crippen LogP contribution in [0.1, 0.15) is 13.3 Å². The van der Waals surface area contributed by atoms with Crippen LogP contribution in [0.15, 0.2) is 0 Å². The van der Waals surface area contributed by atoms with Gasteiger partial charge in [-0.05, 0) is 6.42 Å². The molecule has 0 spiro atoms. The predicted molar refractivity (Wildman–Crippen MR) is 34.6 cm³/mol. The Morgan fingerprint density at radius 3 is 2.50 bits per heavy atom. The van der Waals surface area contributed by atoms with E-state index in [2.05, 4.69) is 4.74 Å². The Morgan fingerprint density at radius 1 is 1.58 bits per heavy atom. The summed E-state index contributed by atoms with van der Waals surface area (Å²) in [5, 5.41) is 0. The van der Waals surface area contributed by atoms with E-state index in [-0.39, 0.29) is 51.4 Å². The van der Waals surface area contributed by atoms with Crippen molar-refractivity contribution < 1.29 is 73.8 Å². The van der Waals surface area contributed by atoms with Crippen molar-refractivity contribution in [3.05, 3.63) is 0 Å². The summed E-state index contributed by atoms with van der Waals surface area (Å²) in [5.41, 5.74) is -1.27. The minimum Gasteiger partial charge on any atom is -0.746 e. The molecule has 2 atom stereocenters. The van der Waals surface area contributed by atoms with E-state index < -0.39 is 21.8 Å². The fraction of sp³-hybridized carbons (Fsp3) is 1.00. The van der Waals surface area contributed by atoms with Crippen molar-refractivity contribution in [3.63, 3.8) is 0 Å². The smallest absolute Gasteiger partial charge is 0.746 e. The van der Waals surface area contributed by atoms with Gasteiger partial charge in [-0.25, -0.2) is 8.42 Å². The molecule has 12 heavy (non-hydrogen) atoms. The van der Waals surface area contributed by atoms with Crippen LogP contribution in [0.2, 0.25) is 0 Å². The summed E-state index contributed by atoms with van der Waals surface area (Å²) in [5.74, 6) is 0. The zero-order chi connectivity index (χ0) is 8.48. The number of rotatable bonds is 4. The molecular weight excluding hydrogens is 211 g/mol. The van der Waals surface area contributed by atoms with Gasteiger partial charge in [0.1, 0.15) is 10.1 Å². The molecule has 1 saturated heterocycles. The molecule has 1 aliphatic rings. The molecule has 0 bridgehead atoms. The van der Waals surface area contributed by atoms with Crippen LogP contribution < -0.4 is 51.4 Å². The average Bonchev–Trinajstić information content (AvgIpc) is 2.60. The fourth-order valence-electron chi connectivity index (χ4n) is 0.643. The summed E-state index contributed by atoms with van der Waals surface area (Å²) in [4.78, 5) is 0. The maximum atomic E-state index is 10.2. The molecular formula is C5H9KO5S. The maximum Gasteiger partial charge on any atom is 1.00 e. The minimum atomic E-state index is -4.31. The molecule has 66 valence electrons. The molecule has 0 saturated carbocycles. The third-order valence-corrected chi connectivity index (χ3v) is 2.09. The molecule has 0 aliphatic carbocycles. The van der Waals surface area contributed by atoms with E-state index >= 15 is 0 Å². The Balaban J connectivity index is 0.00000121. The number of ether oxygens (including phenoxy) is 2. The molecule has 0 amide bonds. The van der Waals surface area contributed by atoms with Crippen LogP contribution >= 0.6 is 0 Å². The molecule has 0 radical (unpaired) electrons. The van der Waals surface area contributed by atoms with Gasteiger partial charge in [0.15, 0.2) is 6.29 Å². The van der Waals surface area contributed by atoms with E-state index in [1.807, 2.05) is 6.92 Å². The third kappa shape index (κ3) is 4.12. The van der Waals surface area contributed by atoms with Crippen LogP contribution in [-0.4, -0.2) is 31.3 Å². The van der Waals surface area contributed by atoms with E-state index in [0.29, 0.717) is 6.61 Å². The standard InChI is InChI=1S/C5H10O5S.K/c1-2-3-9-4-5(10-4)11(6,7)8;/h4-5H,2-3H2,1H3,(H,6,7,8);/q;+1/p-1. The van der Waals surface area contributed by atoms with Crippen LogP contribution in [0.4, 0.5) is 0 Å². The number of hydrogen-bond donors (Lipinski definition) is 0.